The van der Waals surface area contributed by atoms with Crippen molar-refractivity contribution in [3.05, 3.63) is 53.4 Å². The maximum atomic E-state index is 13.5. The van der Waals surface area contributed by atoms with Gasteiger partial charge in [0, 0.05) is 18.2 Å². The Hall–Kier alpha value is -1.71. The summed E-state index contributed by atoms with van der Waals surface area (Å²) >= 11 is 0. The Morgan fingerprint density at radius 2 is 2.09 bits per heavy atom. The van der Waals surface area contributed by atoms with Crippen LogP contribution in [-0.4, -0.2) is 17.7 Å². The molecule has 0 amide bonds. The molecule has 2 rings (SSSR count). The number of rotatable bonds is 5. The summed E-state index contributed by atoms with van der Waals surface area (Å²) in [7, 11) is 0. The van der Waals surface area contributed by atoms with E-state index in [0.29, 0.717) is 19.0 Å². The van der Waals surface area contributed by atoms with E-state index in [1.54, 1.807) is 6.07 Å². The van der Waals surface area contributed by atoms with Gasteiger partial charge < -0.3 is 15.2 Å². The number of aliphatic imine (C=N–C) groups is 1. The fraction of sp³-hybridized carbons (Fsp3) is 0.286. The first-order valence-corrected chi connectivity index (χ1v) is 6.54. The number of aromatic nitrogens is 1. The molecule has 0 radical (unpaired) electrons. The van der Waals surface area contributed by atoms with Gasteiger partial charge in [0.25, 0.3) is 0 Å². The van der Waals surface area contributed by atoms with E-state index >= 15 is 0 Å². The maximum absolute atomic E-state index is 13.5. The Labute approximate surface area is 144 Å². The second kappa shape index (κ2) is 9.34. The summed E-state index contributed by atoms with van der Waals surface area (Å²) in [5, 5.41) is 9.80. The molecule has 1 aromatic carbocycles. The lowest BCUT2D eigenvalue weighted by atomic mass is 10.2. The van der Waals surface area contributed by atoms with E-state index < -0.39 is 11.6 Å². The molecule has 0 aliphatic rings. The largest absolute Gasteiger partial charge is 0.364 e. The summed E-state index contributed by atoms with van der Waals surface area (Å²) in [5.74, 6) is -0.473. The smallest absolute Gasteiger partial charge is 0.191 e. The second-order valence-electron chi connectivity index (χ2n) is 4.28. The van der Waals surface area contributed by atoms with Crippen LogP contribution in [0.4, 0.5) is 8.78 Å². The minimum Gasteiger partial charge on any atom is -0.364 e. The molecule has 2 aromatic rings. The summed E-state index contributed by atoms with van der Waals surface area (Å²) in [5.41, 5.74) is 0.922. The van der Waals surface area contributed by atoms with Crippen molar-refractivity contribution in [2.24, 2.45) is 4.99 Å². The quantitative estimate of drug-likeness (QED) is 0.442. The van der Waals surface area contributed by atoms with Crippen LogP contribution in [0.25, 0.3) is 0 Å². The first kappa shape index (κ1) is 18.3. The fourth-order valence-corrected chi connectivity index (χ4v) is 1.67. The van der Waals surface area contributed by atoms with Crippen molar-refractivity contribution in [2.45, 2.75) is 20.0 Å². The van der Waals surface area contributed by atoms with Gasteiger partial charge in [-0.1, -0.05) is 5.16 Å². The molecule has 0 saturated heterocycles. The first-order valence-electron chi connectivity index (χ1n) is 6.54. The van der Waals surface area contributed by atoms with Crippen LogP contribution in [0.5, 0.6) is 0 Å². The molecule has 0 aliphatic heterocycles. The molecule has 0 saturated carbocycles. The van der Waals surface area contributed by atoms with Gasteiger partial charge in [-0.2, -0.15) is 0 Å². The number of halogens is 3. The first-order chi connectivity index (χ1) is 10.2. The van der Waals surface area contributed by atoms with Gasteiger partial charge in [0.1, 0.15) is 23.6 Å². The van der Waals surface area contributed by atoms with Gasteiger partial charge in [-0.05, 0) is 25.1 Å². The third-order valence-corrected chi connectivity index (χ3v) is 2.69. The number of benzene rings is 1. The Bertz CT molecular complexity index is 605. The highest BCUT2D eigenvalue weighted by Gasteiger charge is 2.05. The van der Waals surface area contributed by atoms with Crippen LogP contribution in [0.15, 0.2) is 40.0 Å². The van der Waals surface area contributed by atoms with Crippen molar-refractivity contribution < 1.29 is 13.3 Å². The van der Waals surface area contributed by atoms with E-state index in [1.165, 1.54) is 6.26 Å². The molecule has 1 heterocycles. The molecule has 0 fully saturated rings. The van der Waals surface area contributed by atoms with Gasteiger partial charge in [0.2, 0.25) is 0 Å². The molecule has 1 aromatic heterocycles. The van der Waals surface area contributed by atoms with Gasteiger partial charge in [-0.15, -0.1) is 24.0 Å². The molecule has 0 unspecified atom stereocenters. The summed E-state index contributed by atoms with van der Waals surface area (Å²) in [6.07, 6.45) is 1.48. The van der Waals surface area contributed by atoms with E-state index in [9.17, 15) is 8.78 Å². The summed E-state index contributed by atoms with van der Waals surface area (Å²) in [4.78, 5) is 4.21. The SMILES string of the molecule is CCNC(=NCc1cc(F)ccc1F)NCc1ccon1.I. The van der Waals surface area contributed by atoms with E-state index in [-0.39, 0.29) is 36.1 Å². The van der Waals surface area contributed by atoms with Gasteiger partial charge >= 0.3 is 0 Å². The highest BCUT2D eigenvalue weighted by Crippen LogP contribution is 2.10. The van der Waals surface area contributed by atoms with Crippen molar-refractivity contribution in [1.29, 1.82) is 0 Å². The third-order valence-electron chi connectivity index (χ3n) is 2.69. The molecular weight excluding hydrogens is 405 g/mol. The molecule has 0 bridgehead atoms. The van der Waals surface area contributed by atoms with E-state index in [4.69, 9.17) is 4.52 Å². The van der Waals surface area contributed by atoms with E-state index in [1.807, 2.05) is 6.92 Å². The predicted octanol–water partition coefficient (Wildman–Crippen LogP) is 2.83. The molecule has 8 heteroatoms. The predicted molar refractivity (Wildman–Crippen MR) is 89.9 cm³/mol. The molecule has 120 valence electrons. The second-order valence-corrected chi connectivity index (χ2v) is 4.28. The summed E-state index contributed by atoms with van der Waals surface area (Å²) in [6.45, 7) is 3.03. The van der Waals surface area contributed by atoms with E-state index in [0.717, 1.165) is 23.9 Å². The van der Waals surface area contributed by atoms with Crippen molar-refractivity contribution >= 4 is 29.9 Å². The van der Waals surface area contributed by atoms with E-state index in [2.05, 4.69) is 20.8 Å². The Balaban J connectivity index is 0.00000242. The van der Waals surface area contributed by atoms with Crippen LogP contribution in [0.2, 0.25) is 0 Å². The summed E-state index contributed by atoms with van der Waals surface area (Å²) in [6, 6.07) is 5.04. The molecular formula is C14H17F2IN4O. The number of nitrogens with zero attached hydrogens (tertiary/aromatic N) is 2. The van der Waals surface area contributed by atoms with Gasteiger partial charge in [-0.3, -0.25) is 0 Å². The third kappa shape index (κ3) is 5.58. The molecule has 2 N–H and O–H groups in total. The number of hydrogen-bond acceptors (Lipinski definition) is 3. The normalized spacial score (nSPS) is 11.0. The van der Waals surface area contributed by atoms with Crippen LogP contribution in [0.1, 0.15) is 18.2 Å². The van der Waals surface area contributed by atoms with Crippen molar-refractivity contribution in [2.75, 3.05) is 6.54 Å². The lowest BCUT2D eigenvalue weighted by molar-refractivity contribution is 0.410. The zero-order valence-electron chi connectivity index (χ0n) is 12.0. The monoisotopic (exact) mass is 422 g/mol. The Morgan fingerprint density at radius 3 is 2.77 bits per heavy atom. The van der Waals surface area contributed by atoms with Crippen molar-refractivity contribution in [3.63, 3.8) is 0 Å². The van der Waals surface area contributed by atoms with Gasteiger partial charge in [-0.25, -0.2) is 13.8 Å². The van der Waals surface area contributed by atoms with Crippen LogP contribution < -0.4 is 10.6 Å². The number of nitrogens with one attached hydrogen (secondary N) is 2. The fourth-order valence-electron chi connectivity index (χ4n) is 1.67. The Kier molecular flexibility index (Phi) is 7.78. The number of hydrogen-bond donors (Lipinski definition) is 2. The lowest BCUT2D eigenvalue weighted by Gasteiger charge is -2.10. The van der Waals surface area contributed by atoms with Crippen LogP contribution in [0, 0.1) is 11.6 Å². The highest BCUT2D eigenvalue weighted by atomic mass is 127. The highest BCUT2D eigenvalue weighted by molar-refractivity contribution is 14.0. The molecule has 22 heavy (non-hydrogen) atoms. The molecule has 0 atom stereocenters. The molecule has 5 nitrogen and oxygen atoms in total. The molecule has 0 aliphatic carbocycles. The average Bonchev–Trinajstić information content (AvgIpc) is 2.98. The van der Waals surface area contributed by atoms with Crippen molar-refractivity contribution in [1.82, 2.24) is 15.8 Å². The standard InChI is InChI=1S/C14H16F2N4O.HI/c1-2-17-14(19-9-12-5-6-21-20-12)18-8-10-7-11(15)3-4-13(10)16;/h3-7H,2,8-9H2,1H3,(H2,17,18,19);1H. The van der Waals surface area contributed by atoms with Crippen LogP contribution in [-0.2, 0) is 13.1 Å². The zero-order valence-corrected chi connectivity index (χ0v) is 14.3. The summed E-state index contributed by atoms with van der Waals surface area (Å²) < 4.78 is 31.3. The van der Waals surface area contributed by atoms with Gasteiger partial charge in [0.05, 0.1) is 13.1 Å². The average molecular weight is 422 g/mol. The topological polar surface area (TPSA) is 62.5 Å². The number of guanidine groups is 1. The van der Waals surface area contributed by atoms with Crippen LogP contribution in [0.3, 0.4) is 0 Å². The van der Waals surface area contributed by atoms with Crippen LogP contribution >= 0.6 is 24.0 Å². The maximum Gasteiger partial charge on any atom is 0.191 e. The van der Waals surface area contributed by atoms with Gasteiger partial charge in [0.15, 0.2) is 5.96 Å². The van der Waals surface area contributed by atoms with Crippen molar-refractivity contribution in [3.8, 4) is 0 Å². The Morgan fingerprint density at radius 1 is 1.27 bits per heavy atom. The zero-order chi connectivity index (χ0) is 15.1. The molecule has 0 spiro atoms. The lowest BCUT2D eigenvalue weighted by Crippen LogP contribution is -2.36. The minimum atomic E-state index is -0.484. The minimum absolute atomic E-state index is 0.